The predicted molar refractivity (Wildman–Crippen MR) is 72.0 cm³/mol. The molecule has 0 spiro atoms. The number of rotatable bonds is 3. The summed E-state index contributed by atoms with van der Waals surface area (Å²) >= 11 is 4.26. The number of methoxy groups -OCH3 is 1. The molecule has 0 bridgehead atoms. The highest BCUT2D eigenvalue weighted by Gasteiger charge is 2.29. The first kappa shape index (κ1) is 12.3. The molecule has 1 aromatic carbocycles. The van der Waals surface area contributed by atoms with Crippen LogP contribution in [0, 0.1) is 12.8 Å². The van der Waals surface area contributed by atoms with E-state index in [4.69, 9.17) is 4.74 Å². The van der Waals surface area contributed by atoms with E-state index in [0.29, 0.717) is 12.3 Å². The van der Waals surface area contributed by atoms with Crippen molar-refractivity contribution >= 4 is 24.2 Å². The van der Waals surface area contributed by atoms with E-state index in [1.165, 1.54) is 0 Å². The molecule has 0 aromatic heterocycles. The second kappa shape index (κ2) is 5.00. The zero-order chi connectivity index (χ0) is 12.4. The monoisotopic (exact) mass is 251 g/mol. The Morgan fingerprint density at radius 2 is 2.29 bits per heavy atom. The molecule has 1 amide bonds. The molecule has 17 heavy (non-hydrogen) atoms. The molecule has 1 heterocycles. The Morgan fingerprint density at radius 3 is 2.88 bits per heavy atom. The van der Waals surface area contributed by atoms with E-state index in [0.717, 1.165) is 29.3 Å². The van der Waals surface area contributed by atoms with E-state index in [2.05, 4.69) is 12.6 Å². The third-order valence-electron chi connectivity index (χ3n) is 3.17. The van der Waals surface area contributed by atoms with Crippen molar-refractivity contribution in [1.82, 2.24) is 0 Å². The highest BCUT2D eigenvalue weighted by molar-refractivity contribution is 7.80. The number of benzene rings is 1. The van der Waals surface area contributed by atoms with Crippen molar-refractivity contribution in [3.05, 3.63) is 23.8 Å². The summed E-state index contributed by atoms with van der Waals surface area (Å²) in [6, 6.07) is 5.88. The van der Waals surface area contributed by atoms with Crippen LogP contribution in [0.5, 0.6) is 5.75 Å². The number of nitrogens with zero attached hydrogens (tertiary/aromatic N) is 1. The third-order valence-corrected chi connectivity index (χ3v) is 3.68. The maximum absolute atomic E-state index is 11.9. The molecule has 1 unspecified atom stereocenters. The minimum Gasteiger partial charge on any atom is -0.496 e. The number of hydrogen-bond acceptors (Lipinski definition) is 3. The number of hydrogen-bond donors (Lipinski definition) is 1. The molecule has 3 nitrogen and oxygen atoms in total. The molecule has 2 rings (SSSR count). The van der Waals surface area contributed by atoms with Crippen molar-refractivity contribution in [2.45, 2.75) is 13.3 Å². The minimum atomic E-state index is 0.176. The van der Waals surface area contributed by atoms with Gasteiger partial charge in [0.1, 0.15) is 5.75 Å². The lowest BCUT2D eigenvalue weighted by molar-refractivity contribution is -0.117. The zero-order valence-electron chi connectivity index (χ0n) is 10.1. The van der Waals surface area contributed by atoms with Gasteiger partial charge in [0.15, 0.2) is 0 Å². The first-order valence-electron chi connectivity index (χ1n) is 5.71. The maximum Gasteiger partial charge on any atom is 0.227 e. The Bertz CT molecular complexity index is 433. The number of ether oxygens (including phenoxy) is 1. The van der Waals surface area contributed by atoms with E-state index in [9.17, 15) is 4.79 Å². The lowest BCUT2D eigenvalue weighted by Gasteiger charge is -2.18. The van der Waals surface area contributed by atoms with Crippen LogP contribution >= 0.6 is 12.6 Å². The predicted octanol–water partition coefficient (Wildman–Crippen LogP) is 2.29. The second-order valence-electron chi connectivity index (χ2n) is 4.41. The van der Waals surface area contributed by atoms with Gasteiger partial charge in [-0.2, -0.15) is 12.6 Å². The van der Waals surface area contributed by atoms with Crippen LogP contribution in [0.4, 0.5) is 5.69 Å². The molecule has 0 radical (unpaired) electrons. The average molecular weight is 251 g/mol. The topological polar surface area (TPSA) is 29.5 Å². The number of aryl methyl sites for hydroxylation is 1. The molecule has 1 aliphatic heterocycles. The Kier molecular flexibility index (Phi) is 3.62. The van der Waals surface area contributed by atoms with Crippen molar-refractivity contribution in [3.63, 3.8) is 0 Å². The van der Waals surface area contributed by atoms with Gasteiger partial charge in [-0.25, -0.2) is 0 Å². The summed E-state index contributed by atoms with van der Waals surface area (Å²) < 4.78 is 5.28. The fourth-order valence-corrected chi connectivity index (χ4v) is 2.37. The van der Waals surface area contributed by atoms with Gasteiger partial charge in [0, 0.05) is 24.7 Å². The molecular weight excluding hydrogens is 234 g/mol. The lowest BCUT2D eigenvalue weighted by atomic mass is 10.1. The fraction of sp³-hybridized carbons (Fsp3) is 0.462. The summed E-state index contributed by atoms with van der Waals surface area (Å²) in [6.45, 7) is 2.75. The van der Waals surface area contributed by atoms with Crippen LogP contribution in [0.3, 0.4) is 0 Å². The van der Waals surface area contributed by atoms with E-state index < -0.39 is 0 Å². The molecule has 1 atom stereocenters. The summed E-state index contributed by atoms with van der Waals surface area (Å²) in [5, 5.41) is 0. The molecule has 4 heteroatoms. The van der Waals surface area contributed by atoms with Gasteiger partial charge in [-0.3, -0.25) is 4.79 Å². The molecule has 0 saturated carbocycles. The van der Waals surface area contributed by atoms with Crippen molar-refractivity contribution in [3.8, 4) is 5.75 Å². The van der Waals surface area contributed by atoms with E-state index in [1.54, 1.807) is 7.11 Å². The van der Waals surface area contributed by atoms with Crippen molar-refractivity contribution < 1.29 is 9.53 Å². The molecule has 1 aliphatic rings. The highest BCUT2D eigenvalue weighted by Crippen LogP contribution is 2.30. The van der Waals surface area contributed by atoms with Crippen LogP contribution in [0.2, 0.25) is 0 Å². The number of anilines is 1. The fourth-order valence-electron chi connectivity index (χ4n) is 2.13. The van der Waals surface area contributed by atoms with Gasteiger partial charge in [0.05, 0.1) is 7.11 Å². The van der Waals surface area contributed by atoms with E-state index >= 15 is 0 Å². The standard InChI is InChI=1S/C13H17NO2S/c1-9-3-4-11(6-12(9)16-2)14-7-10(8-17)5-13(14)15/h3-4,6,10,17H,5,7-8H2,1-2H3. The van der Waals surface area contributed by atoms with E-state index in [-0.39, 0.29) is 5.91 Å². The minimum absolute atomic E-state index is 0.176. The SMILES string of the molecule is COc1cc(N2CC(CS)CC2=O)ccc1C. The van der Waals surface area contributed by atoms with Gasteiger partial charge in [-0.05, 0) is 30.2 Å². The summed E-state index contributed by atoms with van der Waals surface area (Å²) in [6.07, 6.45) is 0.597. The Hall–Kier alpha value is -1.16. The van der Waals surface area contributed by atoms with Crippen LogP contribution in [0.1, 0.15) is 12.0 Å². The molecule has 1 saturated heterocycles. The van der Waals surface area contributed by atoms with Crippen LogP contribution in [0.15, 0.2) is 18.2 Å². The lowest BCUT2D eigenvalue weighted by Crippen LogP contribution is -2.24. The van der Waals surface area contributed by atoms with Crippen molar-refractivity contribution in [1.29, 1.82) is 0 Å². The van der Waals surface area contributed by atoms with Crippen LogP contribution < -0.4 is 9.64 Å². The van der Waals surface area contributed by atoms with Crippen LogP contribution in [-0.2, 0) is 4.79 Å². The van der Waals surface area contributed by atoms with Gasteiger partial charge in [0.25, 0.3) is 0 Å². The van der Waals surface area contributed by atoms with Crippen molar-refractivity contribution in [2.24, 2.45) is 5.92 Å². The summed E-state index contributed by atoms with van der Waals surface area (Å²) in [5.41, 5.74) is 2.00. The number of amides is 1. The molecular formula is C13H17NO2S. The normalized spacial score (nSPS) is 19.8. The summed E-state index contributed by atoms with van der Waals surface area (Å²) in [7, 11) is 1.65. The van der Waals surface area contributed by atoms with Gasteiger partial charge < -0.3 is 9.64 Å². The smallest absolute Gasteiger partial charge is 0.227 e. The summed E-state index contributed by atoms with van der Waals surface area (Å²) in [5.74, 6) is 2.11. The quantitative estimate of drug-likeness (QED) is 0.835. The van der Waals surface area contributed by atoms with Gasteiger partial charge in [-0.15, -0.1) is 0 Å². The molecule has 0 N–H and O–H groups in total. The Morgan fingerprint density at radius 1 is 1.53 bits per heavy atom. The van der Waals surface area contributed by atoms with Gasteiger partial charge in [0.2, 0.25) is 5.91 Å². The summed E-state index contributed by atoms with van der Waals surface area (Å²) in [4.78, 5) is 13.7. The molecule has 0 aliphatic carbocycles. The van der Waals surface area contributed by atoms with Gasteiger partial charge in [-0.1, -0.05) is 6.07 Å². The number of thiol groups is 1. The zero-order valence-corrected chi connectivity index (χ0v) is 11.0. The van der Waals surface area contributed by atoms with Crippen LogP contribution in [-0.4, -0.2) is 25.3 Å². The number of carbonyl (C=O) groups is 1. The van der Waals surface area contributed by atoms with Gasteiger partial charge >= 0.3 is 0 Å². The highest BCUT2D eigenvalue weighted by atomic mass is 32.1. The Labute approximate surface area is 107 Å². The molecule has 92 valence electrons. The maximum atomic E-state index is 11.9. The second-order valence-corrected chi connectivity index (χ2v) is 4.78. The van der Waals surface area contributed by atoms with Crippen molar-refractivity contribution in [2.75, 3.05) is 24.3 Å². The average Bonchev–Trinajstić information content (AvgIpc) is 2.71. The number of carbonyl (C=O) groups excluding carboxylic acids is 1. The molecule has 1 aromatic rings. The first-order chi connectivity index (χ1) is 8.15. The Balaban J connectivity index is 2.26. The largest absolute Gasteiger partial charge is 0.496 e. The third kappa shape index (κ3) is 2.41. The first-order valence-corrected chi connectivity index (χ1v) is 6.34. The molecule has 1 fully saturated rings. The van der Waals surface area contributed by atoms with E-state index in [1.807, 2.05) is 30.0 Å². The van der Waals surface area contributed by atoms with Crippen LogP contribution in [0.25, 0.3) is 0 Å².